The van der Waals surface area contributed by atoms with Gasteiger partial charge in [-0.05, 0) is 29.8 Å². The number of imide groups is 1. The number of para-hydroxylation sites is 1. The fourth-order valence-corrected chi connectivity index (χ4v) is 7.57. The minimum atomic E-state index is -0.679. The molecule has 1 N–H and O–H groups in total. The van der Waals surface area contributed by atoms with Crippen LogP contribution < -0.4 is 14.5 Å². The second-order valence-electron chi connectivity index (χ2n) is 8.95. The summed E-state index contributed by atoms with van der Waals surface area (Å²) in [4.78, 5) is 58.3. The quantitative estimate of drug-likeness (QED) is 0.498. The number of hydrogen-bond acceptors (Lipinski definition) is 8. The molecule has 3 aliphatic heterocycles. The third-order valence-electron chi connectivity index (χ3n) is 6.78. The predicted octanol–water partition coefficient (Wildman–Crippen LogP) is 2.47. The van der Waals surface area contributed by atoms with Crippen molar-refractivity contribution >= 4 is 46.5 Å². The number of thiazole rings is 1. The molecule has 9 nitrogen and oxygen atoms in total. The van der Waals surface area contributed by atoms with Crippen LogP contribution in [-0.2, 0) is 19.1 Å². The summed E-state index contributed by atoms with van der Waals surface area (Å²) in [6, 6.07) is 16.1. The first-order valence-electron chi connectivity index (χ1n) is 11.9. The Hall–Kier alpha value is -3.41. The summed E-state index contributed by atoms with van der Waals surface area (Å²) >= 11 is 2.30. The van der Waals surface area contributed by atoms with Crippen LogP contribution in [0.1, 0.15) is 16.4 Å². The van der Waals surface area contributed by atoms with Gasteiger partial charge in [0.25, 0.3) is 5.91 Å². The number of H-pyrrole nitrogens is 1. The summed E-state index contributed by atoms with van der Waals surface area (Å²) in [5.74, 6) is -1.41. The molecule has 3 atom stereocenters. The highest BCUT2D eigenvalue weighted by Gasteiger charge is 2.56. The number of ether oxygens (including phenoxy) is 2. The zero-order chi connectivity index (χ0) is 25.5. The van der Waals surface area contributed by atoms with Crippen molar-refractivity contribution in [2.45, 2.75) is 16.2 Å². The minimum Gasteiger partial charge on any atom is -0.484 e. The predicted molar refractivity (Wildman–Crippen MR) is 138 cm³/mol. The van der Waals surface area contributed by atoms with Gasteiger partial charge >= 0.3 is 4.87 Å². The van der Waals surface area contributed by atoms with Crippen LogP contribution in [0.15, 0.2) is 64.4 Å². The number of anilines is 1. The van der Waals surface area contributed by atoms with Crippen LogP contribution in [0.4, 0.5) is 5.69 Å². The Morgan fingerprint density at radius 2 is 1.81 bits per heavy atom. The maximum atomic E-state index is 13.7. The van der Waals surface area contributed by atoms with Gasteiger partial charge in [-0.25, -0.2) is 4.90 Å². The van der Waals surface area contributed by atoms with Gasteiger partial charge in [-0.2, -0.15) is 0 Å². The molecule has 3 aliphatic rings. The van der Waals surface area contributed by atoms with Crippen molar-refractivity contribution in [1.82, 2.24) is 9.88 Å². The van der Waals surface area contributed by atoms with Gasteiger partial charge in [-0.15, -0.1) is 0 Å². The van der Waals surface area contributed by atoms with E-state index >= 15 is 0 Å². The zero-order valence-electron chi connectivity index (χ0n) is 19.6. The first kappa shape index (κ1) is 24.0. The molecule has 3 aromatic rings. The topological polar surface area (TPSA) is 109 Å². The molecule has 0 bridgehead atoms. The molecule has 0 spiro atoms. The molecule has 0 radical (unpaired) electrons. The van der Waals surface area contributed by atoms with Gasteiger partial charge in [-0.3, -0.25) is 19.2 Å². The Morgan fingerprint density at radius 3 is 2.59 bits per heavy atom. The van der Waals surface area contributed by atoms with Crippen LogP contribution in [0.5, 0.6) is 5.75 Å². The molecule has 2 saturated heterocycles. The number of thioether (sulfide) groups is 1. The van der Waals surface area contributed by atoms with E-state index in [4.69, 9.17) is 9.47 Å². The van der Waals surface area contributed by atoms with Gasteiger partial charge in [0.1, 0.15) is 11.0 Å². The molecule has 2 fully saturated rings. The van der Waals surface area contributed by atoms with Gasteiger partial charge in [0.15, 0.2) is 6.61 Å². The maximum absolute atomic E-state index is 13.7. The van der Waals surface area contributed by atoms with Crippen molar-refractivity contribution in [2.75, 3.05) is 37.8 Å². The number of amides is 3. The van der Waals surface area contributed by atoms with Crippen LogP contribution >= 0.6 is 23.1 Å². The Labute approximate surface area is 220 Å². The molecule has 4 heterocycles. The molecule has 190 valence electrons. The van der Waals surface area contributed by atoms with Crippen molar-refractivity contribution in [2.24, 2.45) is 5.92 Å². The molecular weight excluding hydrogens is 514 g/mol. The SMILES string of the molecule is O=C(COc1cccc(C2c3sc(=O)[nH]c3SC3C(=O)N(c4ccccc4)C(=O)C32)c1)N1CCOCC1. The monoisotopic (exact) mass is 537 g/mol. The molecular formula is C26H23N3O6S2. The molecule has 37 heavy (non-hydrogen) atoms. The highest BCUT2D eigenvalue weighted by Crippen LogP contribution is 2.53. The molecule has 2 aromatic carbocycles. The largest absolute Gasteiger partial charge is 0.484 e. The highest BCUT2D eigenvalue weighted by atomic mass is 32.2. The lowest BCUT2D eigenvalue weighted by Crippen LogP contribution is -2.42. The standard InChI is InChI=1S/C26H23N3O6S2/c30-18(28-9-11-34-12-10-28)14-35-17-8-4-5-15(13-17)19-20-22(36-23-21(19)37-26(33)27-23)25(32)29(24(20)31)16-6-2-1-3-7-16/h1-8,13,19-20,22H,9-12,14H2,(H,27,33). The van der Waals surface area contributed by atoms with Crippen LogP contribution in [-0.4, -0.2) is 65.8 Å². The van der Waals surface area contributed by atoms with Crippen molar-refractivity contribution in [1.29, 1.82) is 0 Å². The molecule has 0 aliphatic carbocycles. The summed E-state index contributed by atoms with van der Waals surface area (Å²) in [7, 11) is 0. The lowest BCUT2D eigenvalue weighted by atomic mass is 9.83. The lowest BCUT2D eigenvalue weighted by molar-refractivity contribution is -0.137. The van der Waals surface area contributed by atoms with E-state index in [1.54, 1.807) is 47.4 Å². The first-order valence-corrected chi connectivity index (χ1v) is 13.6. The molecule has 3 amide bonds. The van der Waals surface area contributed by atoms with E-state index in [1.165, 1.54) is 16.7 Å². The Morgan fingerprint density at radius 1 is 1.03 bits per heavy atom. The number of nitrogens with one attached hydrogen (secondary N) is 1. The Bertz CT molecular complexity index is 1410. The van der Waals surface area contributed by atoms with E-state index in [0.717, 1.165) is 21.8 Å². The number of carbonyl (C=O) groups is 3. The molecule has 1 aromatic heterocycles. The summed E-state index contributed by atoms with van der Waals surface area (Å²) in [5.41, 5.74) is 1.28. The van der Waals surface area contributed by atoms with Crippen molar-refractivity contribution in [3.63, 3.8) is 0 Å². The number of nitrogens with zero attached hydrogens (tertiary/aromatic N) is 2. The average Bonchev–Trinajstić information content (AvgIpc) is 3.42. The van der Waals surface area contributed by atoms with Crippen LogP contribution in [0.2, 0.25) is 0 Å². The molecule has 0 saturated carbocycles. The van der Waals surface area contributed by atoms with Gasteiger partial charge < -0.3 is 19.4 Å². The fraction of sp³-hybridized carbons (Fsp3) is 0.308. The van der Waals surface area contributed by atoms with Crippen LogP contribution in [0.25, 0.3) is 0 Å². The first-order chi connectivity index (χ1) is 18.0. The zero-order valence-corrected chi connectivity index (χ0v) is 21.3. The van der Waals surface area contributed by atoms with Gasteiger partial charge in [-0.1, -0.05) is 53.4 Å². The fourth-order valence-electron chi connectivity index (χ4n) is 5.05. The number of benzene rings is 2. The number of rotatable bonds is 5. The molecule has 6 rings (SSSR count). The molecule has 3 unspecified atom stereocenters. The smallest absolute Gasteiger partial charge is 0.305 e. The van der Waals surface area contributed by atoms with Crippen molar-refractivity contribution in [3.8, 4) is 5.75 Å². The van der Waals surface area contributed by atoms with E-state index < -0.39 is 17.1 Å². The maximum Gasteiger partial charge on any atom is 0.305 e. The number of aromatic nitrogens is 1. The van der Waals surface area contributed by atoms with Crippen molar-refractivity contribution < 1.29 is 23.9 Å². The summed E-state index contributed by atoms with van der Waals surface area (Å²) in [6.45, 7) is 1.98. The normalized spacial score (nSPS) is 23.1. The summed E-state index contributed by atoms with van der Waals surface area (Å²) in [6.07, 6.45) is 0. The van der Waals surface area contributed by atoms with E-state index in [9.17, 15) is 19.2 Å². The van der Waals surface area contributed by atoms with Crippen molar-refractivity contribution in [3.05, 3.63) is 74.7 Å². The second kappa shape index (κ2) is 9.81. The average molecular weight is 538 g/mol. The number of aromatic amines is 1. The minimum absolute atomic E-state index is 0.113. The Balaban J connectivity index is 1.32. The van der Waals surface area contributed by atoms with E-state index in [2.05, 4.69) is 4.98 Å². The van der Waals surface area contributed by atoms with E-state index in [0.29, 0.717) is 42.8 Å². The second-order valence-corrected chi connectivity index (χ2v) is 11.1. The highest BCUT2D eigenvalue weighted by molar-refractivity contribution is 8.00. The van der Waals surface area contributed by atoms with Crippen LogP contribution in [0, 0.1) is 5.92 Å². The third kappa shape index (κ3) is 4.36. The lowest BCUT2D eigenvalue weighted by Gasteiger charge is -2.30. The molecule has 11 heteroatoms. The van der Waals surface area contributed by atoms with E-state index in [1.807, 2.05) is 12.1 Å². The summed E-state index contributed by atoms with van der Waals surface area (Å²) < 4.78 is 11.1. The third-order valence-corrected chi connectivity index (χ3v) is 9.18. The van der Waals surface area contributed by atoms with Gasteiger partial charge in [0.2, 0.25) is 11.8 Å². The number of carbonyl (C=O) groups excluding carboxylic acids is 3. The Kier molecular flexibility index (Phi) is 6.35. The van der Waals surface area contributed by atoms with E-state index in [-0.39, 0.29) is 29.2 Å². The number of fused-ring (bicyclic) bond motifs is 2. The number of morpholine rings is 1. The summed E-state index contributed by atoms with van der Waals surface area (Å²) in [5, 5.41) is -0.0472. The van der Waals surface area contributed by atoms with Gasteiger partial charge in [0, 0.05) is 23.9 Å². The number of hydrogen-bond donors (Lipinski definition) is 1. The van der Waals surface area contributed by atoms with Crippen LogP contribution in [0.3, 0.4) is 0 Å². The van der Waals surface area contributed by atoms with Gasteiger partial charge in [0.05, 0.1) is 29.8 Å².